The first kappa shape index (κ1) is 8.68. The van der Waals surface area contributed by atoms with Crippen LogP contribution in [0.1, 0.15) is 5.56 Å². The second-order valence-electron chi connectivity index (χ2n) is 3.35. The van der Waals surface area contributed by atoms with Crippen LogP contribution in [0.5, 0.6) is 0 Å². The summed E-state index contributed by atoms with van der Waals surface area (Å²) in [6, 6.07) is 1.79. The molecule has 0 amide bonds. The zero-order chi connectivity index (χ0) is 10.3. The highest BCUT2D eigenvalue weighted by Crippen LogP contribution is 2.26. The fraction of sp³-hybridized carbons (Fsp3) is 0.0909. The summed E-state index contributed by atoms with van der Waals surface area (Å²) in [5, 5.41) is 1.66. The molecule has 0 radical (unpaired) electrons. The van der Waals surface area contributed by atoms with Gasteiger partial charge in [-0.15, -0.1) is 0 Å². The topological polar surface area (TPSA) is 41.0 Å². The van der Waals surface area contributed by atoms with E-state index in [0.29, 0.717) is 5.02 Å². The first-order valence-electron chi connectivity index (χ1n) is 4.69. The van der Waals surface area contributed by atoms with Gasteiger partial charge in [-0.1, -0.05) is 17.7 Å². The quantitative estimate of drug-likeness (QED) is 0.784. The van der Waals surface area contributed by atoms with E-state index < -0.39 is 0 Å². The van der Waals surface area contributed by atoms with Crippen molar-refractivity contribution in [1.29, 1.82) is 0 Å². The SMILES string of the molecule is Clc1ccnc2[nH]cc(C3=NCC=C3)c12. The van der Waals surface area contributed by atoms with Crippen LogP contribution in [0.3, 0.4) is 0 Å². The van der Waals surface area contributed by atoms with Crippen LogP contribution >= 0.6 is 11.6 Å². The number of hydrogen-bond donors (Lipinski definition) is 1. The summed E-state index contributed by atoms with van der Waals surface area (Å²) >= 11 is 6.14. The molecule has 1 aliphatic heterocycles. The Hall–Kier alpha value is -1.61. The van der Waals surface area contributed by atoms with E-state index in [1.807, 2.05) is 18.3 Å². The molecule has 1 aliphatic rings. The Morgan fingerprint density at radius 2 is 2.33 bits per heavy atom. The first-order valence-corrected chi connectivity index (χ1v) is 5.07. The van der Waals surface area contributed by atoms with Crippen LogP contribution in [0.15, 0.2) is 35.6 Å². The van der Waals surface area contributed by atoms with Crippen LogP contribution in [-0.4, -0.2) is 22.2 Å². The third-order valence-corrected chi connectivity index (χ3v) is 2.76. The minimum atomic E-state index is 0.708. The number of hydrogen-bond acceptors (Lipinski definition) is 2. The van der Waals surface area contributed by atoms with Crippen molar-refractivity contribution in [1.82, 2.24) is 9.97 Å². The van der Waals surface area contributed by atoms with Gasteiger partial charge in [0.25, 0.3) is 0 Å². The first-order chi connectivity index (χ1) is 7.36. The van der Waals surface area contributed by atoms with Crippen LogP contribution in [-0.2, 0) is 0 Å². The molecule has 0 saturated carbocycles. The molecule has 0 aliphatic carbocycles. The zero-order valence-corrected chi connectivity index (χ0v) is 8.62. The molecule has 0 saturated heterocycles. The number of allylic oxidation sites excluding steroid dienone is 1. The van der Waals surface area contributed by atoms with E-state index in [9.17, 15) is 0 Å². The van der Waals surface area contributed by atoms with Gasteiger partial charge in [-0.3, -0.25) is 4.99 Å². The van der Waals surface area contributed by atoms with Crippen molar-refractivity contribution in [3.63, 3.8) is 0 Å². The van der Waals surface area contributed by atoms with Crippen molar-refractivity contribution >= 4 is 28.3 Å². The van der Waals surface area contributed by atoms with Crippen LogP contribution in [0.25, 0.3) is 11.0 Å². The van der Waals surface area contributed by atoms with Gasteiger partial charge < -0.3 is 4.98 Å². The summed E-state index contributed by atoms with van der Waals surface area (Å²) in [6.45, 7) is 0.750. The molecule has 4 heteroatoms. The molecule has 0 aromatic carbocycles. The standard InChI is InChI=1S/C11H8ClN3/c12-8-3-5-14-11-10(8)7(6-15-11)9-2-1-4-13-9/h1-3,5-6H,4H2,(H,14,15). The average Bonchev–Trinajstić information content (AvgIpc) is 2.85. The van der Waals surface area contributed by atoms with E-state index in [-0.39, 0.29) is 0 Å². The fourth-order valence-corrected chi connectivity index (χ4v) is 2.01. The Kier molecular flexibility index (Phi) is 1.86. The van der Waals surface area contributed by atoms with Crippen molar-refractivity contribution in [2.45, 2.75) is 0 Å². The number of fused-ring (bicyclic) bond motifs is 1. The van der Waals surface area contributed by atoms with Crippen molar-refractivity contribution < 1.29 is 0 Å². The third-order valence-electron chi connectivity index (χ3n) is 2.44. The number of aromatic nitrogens is 2. The van der Waals surface area contributed by atoms with Crippen molar-refractivity contribution in [2.24, 2.45) is 4.99 Å². The van der Waals surface area contributed by atoms with E-state index in [2.05, 4.69) is 15.0 Å². The monoisotopic (exact) mass is 217 g/mol. The van der Waals surface area contributed by atoms with Crippen LogP contribution in [0.2, 0.25) is 5.02 Å². The predicted molar refractivity (Wildman–Crippen MR) is 61.6 cm³/mol. The number of halogens is 1. The van der Waals surface area contributed by atoms with E-state index in [0.717, 1.165) is 28.9 Å². The lowest BCUT2D eigenvalue weighted by molar-refractivity contribution is 1.28. The molecule has 3 rings (SSSR count). The van der Waals surface area contributed by atoms with Crippen LogP contribution < -0.4 is 0 Å². The third kappa shape index (κ3) is 1.27. The van der Waals surface area contributed by atoms with Crippen molar-refractivity contribution in [2.75, 3.05) is 6.54 Å². The lowest BCUT2D eigenvalue weighted by Crippen LogP contribution is -1.92. The minimum absolute atomic E-state index is 0.708. The van der Waals surface area contributed by atoms with Crippen LogP contribution in [0.4, 0.5) is 0 Å². The Morgan fingerprint density at radius 1 is 1.40 bits per heavy atom. The van der Waals surface area contributed by atoms with Gasteiger partial charge in [-0.2, -0.15) is 0 Å². The highest BCUT2D eigenvalue weighted by Gasteiger charge is 2.12. The molecule has 74 valence electrons. The summed E-state index contributed by atoms with van der Waals surface area (Å²) in [4.78, 5) is 11.7. The van der Waals surface area contributed by atoms with Crippen molar-refractivity contribution in [3.8, 4) is 0 Å². The number of H-pyrrole nitrogens is 1. The van der Waals surface area contributed by atoms with Gasteiger partial charge in [0.05, 0.1) is 17.3 Å². The molecule has 0 atom stereocenters. The molecule has 3 nitrogen and oxygen atoms in total. The highest BCUT2D eigenvalue weighted by atomic mass is 35.5. The number of nitrogens with zero attached hydrogens (tertiary/aromatic N) is 2. The maximum absolute atomic E-state index is 6.14. The second-order valence-corrected chi connectivity index (χ2v) is 3.75. The van der Waals surface area contributed by atoms with Gasteiger partial charge in [0.15, 0.2) is 0 Å². The van der Waals surface area contributed by atoms with Crippen LogP contribution in [0, 0.1) is 0 Å². The highest BCUT2D eigenvalue weighted by molar-refractivity contribution is 6.37. The summed E-state index contributed by atoms with van der Waals surface area (Å²) in [6.07, 6.45) is 7.62. The normalized spacial score (nSPS) is 14.9. The number of aromatic amines is 1. The summed E-state index contributed by atoms with van der Waals surface area (Å²) in [5.74, 6) is 0. The Bertz CT molecular complexity index is 581. The fourth-order valence-electron chi connectivity index (χ4n) is 1.76. The Labute approximate surface area is 91.5 Å². The van der Waals surface area contributed by atoms with E-state index in [1.165, 1.54) is 0 Å². The average molecular weight is 218 g/mol. The van der Waals surface area contributed by atoms with Gasteiger partial charge in [0.2, 0.25) is 0 Å². The lowest BCUT2D eigenvalue weighted by Gasteiger charge is -1.97. The molecule has 0 spiro atoms. The molecule has 15 heavy (non-hydrogen) atoms. The summed E-state index contributed by atoms with van der Waals surface area (Å²) in [5.41, 5.74) is 2.80. The Balaban J connectivity index is 2.32. The smallest absolute Gasteiger partial charge is 0.139 e. The van der Waals surface area contributed by atoms with Gasteiger partial charge in [0.1, 0.15) is 5.65 Å². The van der Waals surface area contributed by atoms with Gasteiger partial charge in [-0.25, -0.2) is 4.98 Å². The summed E-state index contributed by atoms with van der Waals surface area (Å²) in [7, 11) is 0. The number of rotatable bonds is 1. The second kappa shape index (κ2) is 3.21. The summed E-state index contributed by atoms with van der Waals surface area (Å²) < 4.78 is 0. The number of pyridine rings is 1. The van der Waals surface area contributed by atoms with E-state index in [1.54, 1.807) is 12.3 Å². The van der Waals surface area contributed by atoms with Gasteiger partial charge >= 0.3 is 0 Å². The maximum atomic E-state index is 6.14. The number of nitrogens with one attached hydrogen (secondary N) is 1. The van der Waals surface area contributed by atoms with Gasteiger partial charge in [-0.05, 0) is 12.1 Å². The predicted octanol–water partition coefficient (Wildman–Crippen LogP) is 2.58. The molecular formula is C11H8ClN3. The van der Waals surface area contributed by atoms with Crippen molar-refractivity contribution in [3.05, 3.63) is 41.2 Å². The Morgan fingerprint density at radius 3 is 3.13 bits per heavy atom. The molecule has 2 aromatic rings. The van der Waals surface area contributed by atoms with E-state index in [4.69, 9.17) is 11.6 Å². The molecule has 0 unspecified atom stereocenters. The van der Waals surface area contributed by atoms with Gasteiger partial charge in [0, 0.05) is 23.3 Å². The molecule has 0 fully saturated rings. The minimum Gasteiger partial charge on any atom is -0.345 e. The molecular weight excluding hydrogens is 210 g/mol. The molecule has 0 bridgehead atoms. The lowest BCUT2D eigenvalue weighted by atomic mass is 10.1. The number of aliphatic imine (C=N–C) groups is 1. The maximum Gasteiger partial charge on any atom is 0.139 e. The molecule has 1 N–H and O–H groups in total. The zero-order valence-electron chi connectivity index (χ0n) is 7.87. The molecule has 3 heterocycles. The largest absolute Gasteiger partial charge is 0.345 e. The van der Waals surface area contributed by atoms with E-state index >= 15 is 0 Å². The molecule has 2 aromatic heterocycles.